The van der Waals surface area contributed by atoms with Gasteiger partial charge in [-0.2, -0.15) is 0 Å². The molecule has 0 fully saturated rings. The van der Waals surface area contributed by atoms with Gasteiger partial charge in [-0.1, -0.05) is 22.9 Å². The van der Waals surface area contributed by atoms with Crippen molar-refractivity contribution in [3.8, 4) is 0 Å². The van der Waals surface area contributed by atoms with Crippen LogP contribution in [0.5, 0.6) is 0 Å². The van der Waals surface area contributed by atoms with Crippen molar-refractivity contribution in [3.63, 3.8) is 0 Å². The molecular weight excluding hydrogens is 273 g/mol. The van der Waals surface area contributed by atoms with Crippen molar-refractivity contribution in [3.05, 3.63) is 34.1 Å². The number of hydrogen-bond donors (Lipinski definition) is 1. The standard InChI is InChI=1S/C12H17BrFNO/c1-8(7-16-2)5-12(15)10-6-9(13)3-4-11(10)14/h3-4,6,8,12H,5,7,15H2,1-2H3. The molecule has 0 heterocycles. The molecule has 0 bridgehead atoms. The molecule has 90 valence electrons. The SMILES string of the molecule is COCC(C)CC(N)c1cc(Br)ccc1F. The van der Waals surface area contributed by atoms with Crippen molar-refractivity contribution >= 4 is 15.9 Å². The second kappa shape index (κ2) is 6.33. The maximum absolute atomic E-state index is 13.5. The van der Waals surface area contributed by atoms with Crippen LogP contribution in [-0.2, 0) is 4.74 Å². The van der Waals surface area contributed by atoms with Gasteiger partial charge in [0.2, 0.25) is 0 Å². The van der Waals surface area contributed by atoms with E-state index in [0.717, 1.165) is 4.47 Å². The summed E-state index contributed by atoms with van der Waals surface area (Å²) >= 11 is 3.31. The zero-order valence-electron chi connectivity index (χ0n) is 9.54. The van der Waals surface area contributed by atoms with E-state index in [9.17, 15) is 4.39 Å². The molecule has 1 aromatic rings. The highest BCUT2D eigenvalue weighted by Gasteiger charge is 2.15. The first-order valence-electron chi connectivity index (χ1n) is 5.24. The summed E-state index contributed by atoms with van der Waals surface area (Å²) in [6.45, 7) is 2.68. The summed E-state index contributed by atoms with van der Waals surface area (Å²) in [7, 11) is 1.65. The van der Waals surface area contributed by atoms with Crippen LogP contribution < -0.4 is 5.73 Å². The molecule has 2 N–H and O–H groups in total. The maximum Gasteiger partial charge on any atom is 0.128 e. The Bertz CT molecular complexity index is 346. The number of methoxy groups -OCH3 is 1. The normalized spacial score (nSPS) is 14.8. The maximum atomic E-state index is 13.5. The van der Waals surface area contributed by atoms with Gasteiger partial charge in [-0.15, -0.1) is 0 Å². The average Bonchev–Trinajstić information content (AvgIpc) is 2.21. The van der Waals surface area contributed by atoms with Crippen molar-refractivity contribution in [2.75, 3.05) is 13.7 Å². The zero-order chi connectivity index (χ0) is 12.1. The van der Waals surface area contributed by atoms with Gasteiger partial charge in [0.1, 0.15) is 5.82 Å². The van der Waals surface area contributed by atoms with Gasteiger partial charge in [0.25, 0.3) is 0 Å². The van der Waals surface area contributed by atoms with Crippen molar-refractivity contribution in [2.45, 2.75) is 19.4 Å². The molecule has 1 aromatic carbocycles. The molecule has 16 heavy (non-hydrogen) atoms. The second-order valence-electron chi connectivity index (χ2n) is 4.07. The van der Waals surface area contributed by atoms with Crippen LogP contribution in [0.2, 0.25) is 0 Å². The molecule has 0 aromatic heterocycles. The summed E-state index contributed by atoms with van der Waals surface area (Å²) in [5, 5.41) is 0. The highest BCUT2D eigenvalue weighted by atomic mass is 79.9. The van der Waals surface area contributed by atoms with E-state index < -0.39 is 0 Å². The molecular formula is C12H17BrFNO. The predicted octanol–water partition coefficient (Wildman–Crippen LogP) is 3.26. The van der Waals surface area contributed by atoms with Gasteiger partial charge < -0.3 is 10.5 Å². The number of halogens is 2. The molecule has 0 aliphatic heterocycles. The highest BCUT2D eigenvalue weighted by Crippen LogP contribution is 2.24. The fraction of sp³-hybridized carbons (Fsp3) is 0.500. The molecule has 0 radical (unpaired) electrons. The van der Waals surface area contributed by atoms with E-state index >= 15 is 0 Å². The van der Waals surface area contributed by atoms with Crippen molar-refractivity contribution in [2.24, 2.45) is 11.7 Å². The molecule has 0 amide bonds. The van der Waals surface area contributed by atoms with Crippen LogP contribution in [0.25, 0.3) is 0 Å². The summed E-state index contributed by atoms with van der Waals surface area (Å²) in [6, 6.07) is 4.55. The molecule has 2 unspecified atom stereocenters. The Hall–Kier alpha value is -0.450. The fourth-order valence-electron chi connectivity index (χ4n) is 1.71. The van der Waals surface area contributed by atoms with Gasteiger partial charge in [0.05, 0.1) is 0 Å². The van der Waals surface area contributed by atoms with Crippen LogP contribution in [0.3, 0.4) is 0 Å². The van der Waals surface area contributed by atoms with Crippen LogP contribution in [-0.4, -0.2) is 13.7 Å². The van der Waals surface area contributed by atoms with E-state index in [1.54, 1.807) is 19.2 Å². The molecule has 2 nitrogen and oxygen atoms in total. The topological polar surface area (TPSA) is 35.2 Å². The largest absolute Gasteiger partial charge is 0.384 e. The van der Waals surface area contributed by atoms with E-state index in [0.29, 0.717) is 24.5 Å². The third kappa shape index (κ3) is 3.85. The summed E-state index contributed by atoms with van der Waals surface area (Å²) in [5.41, 5.74) is 6.53. The smallest absolute Gasteiger partial charge is 0.128 e. The highest BCUT2D eigenvalue weighted by molar-refractivity contribution is 9.10. The summed E-state index contributed by atoms with van der Waals surface area (Å²) in [6.07, 6.45) is 0.710. The van der Waals surface area contributed by atoms with Gasteiger partial charge in [0, 0.05) is 29.8 Å². The van der Waals surface area contributed by atoms with Crippen LogP contribution in [0, 0.1) is 11.7 Å². The molecule has 0 saturated heterocycles. The van der Waals surface area contributed by atoms with Gasteiger partial charge in [-0.3, -0.25) is 0 Å². The lowest BCUT2D eigenvalue weighted by Gasteiger charge is -2.17. The zero-order valence-corrected chi connectivity index (χ0v) is 11.1. The monoisotopic (exact) mass is 289 g/mol. The Balaban J connectivity index is 2.72. The van der Waals surface area contributed by atoms with Crippen LogP contribution in [0.1, 0.15) is 24.9 Å². The first-order chi connectivity index (χ1) is 7.54. The Morgan fingerprint density at radius 3 is 2.81 bits per heavy atom. The number of rotatable bonds is 5. The lowest BCUT2D eigenvalue weighted by molar-refractivity contribution is 0.152. The van der Waals surface area contributed by atoms with E-state index in [1.807, 2.05) is 6.92 Å². The van der Waals surface area contributed by atoms with E-state index in [4.69, 9.17) is 10.5 Å². The van der Waals surface area contributed by atoms with Gasteiger partial charge in [0.15, 0.2) is 0 Å². The van der Waals surface area contributed by atoms with Gasteiger partial charge in [-0.25, -0.2) is 4.39 Å². The van der Waals surface area contributed by atoms with Crippen LogP contribution in [0.4, 0.5) is 4.39 Å². The minimum atomic E-state index is -0.289. The third-order valence-electron chi connectivity index (χ3n) is 2.47. The van der Waals surface area contributed by atoms with Crippen LogP contribution >= 0.6 is 15.9 Å². The first-order valence-corrected chi connectivity index (χ1v) is 6.03. The lowest BCUT2D eigenvalue weighted by Crippen LogP contribution is -2.17. The predicted molar refractivity (Wildman–Crippen MR) is 66.7 cm³/mol. The Morgan fingerprint density at radius 1 is 1.50 bits per heavy atom. The minimum absolute atomic E-state index is 0.250. The molecule has 0 saturated carbocycles. The van der Waals surface area contributed by atoms with Gasteiger partial charge >= 0.3 is 0 Å². The Morgan fingerprint density at radius 2 is 2.19 bits per heavy atom. The molecule has 0 aliphatic rings. The molecule has 0 spiro atoms. The van der Waals surface area contributed by atoms with Crippen molar-refractivity contribution in [1.82, 2.24) is 0 Å². The first kappa shape index (κ1) is 13.6. The van der Waals surface area contributed by atoms with Crippen LogP contribution in [0.15, 0.2) is 22.7 Å². The summed E-state index contributed by atoms with van der Waals surface area (Å²) in [4.78, 5) is 0. The van der Waals surface area contributed by atoms with Crippen molar-refractivity contribution in [1.29, 1.82) is 0 Å². The number of ether oxygens (including phenoxy) is 1. The average molecular weight is 290 g/mol. The molecule has 4 heteroatoms. The van der Waals surface area contributed by atoms with E-state index in [2.05, 4.69) is 15.9 Å². The van der Waals surface area contributed by atoms with Crippen molar-refractivity contribution < 1.29 is 9.13 Å². The minimum Gasteiger partial charge on any atom is -0.384 e. The lowest BCUT2D eigenvalue weighted by atomic mass is 9.97. The summed E-state index contributed by atoms with van der Waals surface area (Å²) < 4.78 is 19.4. The fourth-order valence-corrected chi connectivity index (χ4v) is 2.09. The quantitative estimate of drug-likeness (QED) is 0.903. The summed E-state index contributed by atoms with van der Waals surface area (Å²) in [5.74, 6) is 0.0682. The van der Waals surface area contributed by atoms with E-state index in [1.165, 1.54) is 6.07 Å². The second-order valence-corrected chi connectivity index (χ2v) is 4.98. The van der Waals surface area contributed by atoms with Gasteiger partial charge in [-0.05, 0) is 30.5 Å². The molecule has 1 rings (SSSR count). The Kier molecular flexibility index (Phi) is 5.38. The third-order valence-corrected chi connectivity index (χ3v) is 2.96. The number of hydrogen-bond acceptors (Lipinski definition) is 2. The Labute approximate surface area is 104 Å². The number of nitrogens with two attached hydrogens (primary N) is 1. The van der Waals surface area contributed by atoms with E-state index in [-0.39, 0.29) is 11.9 Å². The molecule has 0 aliphatic carbocycles. The number of benzene rings is 1. The molecule has 2 atom stereocenters.